The summed E-state index contributed by atoms with van der Waals surface area (Å²) in [5.41, 5.74) is 2.92. The quantitative estimate of drug-likeness (QED) is 0.501. The average molecular weight is 393 g/mol. The van der Waals surface area contributed by atoms with E-state index in [1.165, 1.54) is 4.68 Å². The van der Waals surface area contributed by atoms with Crippen molar-refractivity contribution in [2.45, 2.75) is 33.1 Å². The fourth-order valence-corrected chi connectivity index (χ4v) is 3.12. The van der Waals surface area contributed by atoms with E-state index in [-0.39, 0.29) is 17.8 Å². The second-order valence-electron chi connectivity index (χ2n) is 6.75. The van der Waals surface area contributed by atoms with Crippen LogP contribution in [0.4, 0.5) is 0 Å². The number of ether oxygens (including phenoxy) is 2. The van der Waals surface area contributed by atoms with Crippen LogP contribution in [0.5, 0.6) is 6.01 Å². The van der Waals surface area contributed by atoms with Crippen molar-refractivity contribution in [3.63, 3.8) is 0 Å². The molecule has 2 aromatic carbocycles. The standard InChI is InChI=1S/C23H27N3O3/c1-4-20(18-9-7-6-8-10-18)22(27)26-21(19-13-11-17(3)12-14-19)24-23(25-26)29-16-15-28-5-2/h6-14,20H,4-5,15-16H2,1-3H3. The minimum atomic E-state index is -0.307. The van der Waals surface area contributed by atoms with Crippen LogP contribution in [0, 0.1) is 6.92 Å². The summed E-state index contributed by atoms with van der Waals surface area (Å²) in [5, 5.41) is 4.38. The van der Waals surface area contributed by atoms with Crippen LogP contribution < -0.4 is 4.74 Å². The number of carbonyl (C=O) groups is 1. The van der Waals surface area contributed by atoms with Gasteiger partial charge in [0.05, 0.1) is 12.5 Å². The molecule has 1 atom stereocenters. The normalized spacial score (nSPS) is 12.0. The van der Waals surface area contributed by atoms with E-state index in [0.717, 1.165) is 16.7 Å². The highest BCUT2D eigenvalue weighted by atomic mass is 16.5. The van der Waals surface area contributed by atoms with E-state index in [1.807, 2.05) is 75.4 Å². The van der Waals surface area contributed by atoms with Crippen LogP contribution >= 0.6 is 0 Å². The molecule has 1 aromatic heterocycles. The average Bonchev–Trinajstić information content (AvgIpc) is 3.17. The van der Waals surface area contributed by atoms with E-state index in [1.54, 1.807) is 0 Å². The van der Waals surface area contributed by atoms with Gasteiger partial charge in [-0.1, -0.05) is 67.1 Å². The summed E-state index contributed by atoms with van der Waals surface area (Å²) in [6, 6.07) is 17.8. The van der Waals surface area contributed by atoms with Crippen LogP contribution in [0.3, 0.4) is 0 Å². The van der Waals surface area contributed by atoms with E-state index in [2.05, 4.69) is 10.1 Å². The zero-order valence-electron chi connectivity index (χ0n) is 17.2. The van der Waals surface area contributed by atoms with E-state index >= 15 is 0 Å². The molecule has 0 aliphatic carbocycles. The van der Waals surface area contributed by atoms with Crippen LogP contribution in [0.1, 0.15) is 42.1 Å². The van der Waals surface area contributed by atoms with Gasteiger partial charge in [0.25, 0.3) is 5.91 Å². The summed E-state index contributed by atoms with van der Waals surface area (Å²) in [6.07, 6.45) is 0.663. The van der Waals surface area contributed by atoms with Gasteiger partial charge < -0.3 is 9.47 Å². The molecule has 0 saturated heterocycles. The molecule has 3 aromatic rings. The van der Waals surface area contributed by atoms with Crippen LogP contribution in [0.25, 0.3) is 11.4 Å². The molecule has 0 bridgehead atoms. The Bertz CT molecular complexity index is 920. The first-order valence-electron chi connectivity index (χ1n) is 9.97. The highest BCUT2D eigenvalue weighted by Crippen LogP contribution is 2.26. The molecule has 0 amide bonds. The van der Waals surface area contributed by atoms with Gasteiger partial charge in [-0.15, -0.1) is 5.10 Å². The molecule has 152 valence electrons. The summed E-state index contributed by atoms with van der Waals surface area (Å²) in [5.74, 6) is 0.0515. The Morgan fingerprint density at radius 1 is 1.03 bits per heavy atom. The Morgan fingerprint density at radius 2 is 1.76 bits per heavy atom. The number of nitrogens with zero attached hydrogens (tertiary/aromatic N) is 3. The maximum atomic E-state index is 13.4. The number of benzene rings is 2. The van der Waals surface area contributed by atoms with Gasteiger partial charge in [0.1, 0.15) is 6.61 Å². The van der Waals surface area contributed by atoms with Gasteiger partial charge in [0.2, 0.25) is 0 Å². The van der Waals surface area contributed by atoms with Crippen LogP contribution in [0.2, 0.25) is 0 Å². The van der Waals surface area contributed by atoms with Gasteiger partial charge in [0.15, 0.2) is 5.82 Å². The molecule has 1 unspecified atom stereocenters. The molecule has 0 spiro atoms. The lowest BCUT2D eigenvalue weighted by atomic mass is 9.95. The SMILES string of the molecule is CCOCCOc1nc(-c2ccc(C)cc2)n(C(=O)C(CC)c2ccccc2)n1. The first-order chi connectivity index (χ1) is 14.1. The van der Waals surface area contributed by atoms with Crippen molar-refractivity contribution in [3.8, 4) is 17.4 Å². The van der Waals surface area contributed by atoms with Crippen molar-refractivity contribution < 1.29 is 14.3 Å². The molecule has 0 N–H and O–H groups in total. The summed E-state index contributed by atoms with van der Waals surface area (Å²) in [4.78, 5) is 17.9. The second-order valence-corrected chi connectivity index (χ2v) is 6.75. The van der Waals surface area contributed by atoms with Gasteiger partial charge in [0, 0.05) is 12.2 Å². The van der Waals surface area contributed by atoms with Crippen molar-refractivity contribution >= 4 is 5.91 Å². The highest BCUT2D eigenvalue weighted by molar-refractivity contribution is 5.88. The first-order valence-corrected chi connectivity index (χ1v) is 9.97. The molecule has 0 aliphatic heterocycles. The smallest absolute Gasteiger partial charge is 0.336 e. The molecule has 0 aliphatic rings. The topological polar surface area (TPSA) is 66.2 Å². The molecule has 0 fully saturated rings. The zero-order valence-corrected chi connectivity index (χ0v) is 17.2. The van der Waals surface area contributed by atoms with E-state index in [9.17, 15) is 4.79 Å². The third-order valence-corrected chi connectivity index (χ3v) is 4.68. The minimum Gasteiger partial charge on any atom is -0.460 e. The fraction of sp³-hybridized carbons (Fsp3) is 0.348. The van der Waals surface area contributed by atoms with Gasteiger partial charge in [-0.05, 0) is 25.8 Å². The van der Waals surface area contributed by atoms with Crippen LogP contribution in [0.15, 0.2) is 54.6 Å². The largest absolute Gasteiger partial charge is 0.460 e. The number of rotatable bonds is 9. The molecule has 0 saturated carbocycles. The lowest BCUT2D eigenvalue weighted by Crippen LogP contribution is -2.22. The Labute approximate surface area is 171 Å². The molecule has 0 radical (unpaired) electrons. The summed E-state index contributed by atoms with van der Waals surface area (Å²) in [7, 11) is 0. The Hall–Kier alpha value is -2.99. The Balaban J connectivity index is 1.95. The summed E-state index contributed by atoms with van der Waals surface area (Å²) >= 11 is 0. The van der Waals surface area contributed by atoms with Crippen LogP contribution in [-0.2, 0) is 4.74 Å². The second kappa shape index (κ2) is 9.98. The first kappa shape index (κ1) is 20.7. The lowest BCUT2D eigenvalue weighted by Gasteiger charge is -2.15. The molecule has 6 nitrogen and oxygen atoms in total. The predicted octanol–water partition coefficient (Wildman–Crippen LogP) is 4.50. The monoisotopic (exact) mass is 393 g/mol. The van der Waals surface area contributed by atoms with Gasteiger partial charge in [-0.25, -0.2) is 0 Å². The number of aromatic nitrogens is 3. The highest BCUT2D eigenvalue weighted by Gasteiger charge is 2.26. The van der Waals surface area contributed by atoms with Gasteiger partial charge in [-0.2, -0.15) is 9.67 Å². The third-order valence-electron chi connectivity index (χ3n) is 4.68. The van der Waals surface area contributed by atoms with E-state index < -0.39 is 0 Å². The number of hydrogen-bond donors (Lipinski definition) is 0. The molecule has 3 rings (SSSR count). The maximum Gasteiger partial charge on any atom is 0.336 e. The molecule has 29 heavy (non-hydrogen) atoms. The molecule has 1 heterocycles. The van der Waals surface area contributed by atoms with E-state index in [0.29, 0.717) is 32.1 Å². The van der Waals surface area contributed by atoms with E-state index in [4.69, 9.17) is 9.47 Å². The third kappa shape index (κ3) is 5.09. The summed E-state index contributed by atoms with van der Waals surface area (Å²) in [6.45, 7) is 7.33. The Morgan fingerprint density at radius 3 is 2.41 bits per heavy atom. The Kier molecular flexibility index (Phi) is 7.14. The summed E-state index contributed by atoms with van der Waals surface area (Å²) < 4.78 is 12.3. The number of aryl methyl sites for hydroxylation is 1. The van der Waals surface area contributed by atoms with Crippen molar-refractivity contribution in [1.29, 1.82) is 0 Å². The van der Waals surface area contributed by atoms with Crippen molar-refractivity contribution in [3.05, 3.63) is 65.7 Å². The zero-order chi connectivity index (χ0) is 20.6. The van der Waals surface area contributed by atoms with Crippen molar-refractivity contribution in [1.82, 2.24) is 14.8 Å². The lowest BCUT2D eigenvalue weighted by molar-refractivity contribution is 0.0854. The maximum absolute atomic E-state index is 13.4. The van der Waals surface area contributed by atoms with Gasteiger partial charge in [-0.3, -0.25) is 4.79 Å². The van der Waals surface area contributed by atoms with Crippen molar-refractivity contribution in [2.75, 3.05) is 19.8 Å². The molecular weight excluding hydrogens is 366 g/mol. The van der Waals surface area contributed by atoms with Gasteiger partial charge >= 0.3 is 6.01 Å². The number of carbonyl (C=O) groups excluding carboxylic acids is 1. The fourth-order valence-electron chi connectivity index (χ4n) is 3.12. The molecule has 6 heteroatoms. The number of hydrogen-bond acceptors (Lipinski definition) is 5. The minimum absolute atomic E-state index is 0.124. The predicted molar refractivity (Wildman–Crippen MR) is 112 cm³/mol. The van der Waals surface area contributed by atoms with Crippen LogP contribution in [-0.4, -0.2) is 40.5 Å². The van der Waals surface area contributed by atoms with Crippen molar-refractivity contribution in [2.24, 2.45) is 0 Å². The molecular formula is C23H27N3O3.